The van der Waals surface area contributed by atoms with E-state index in [1.54, 1.807) is 18.7 Å². The highest BCUT2D eigenvalue weighted by Crippen LogP contribution is 2.37. The third-order valence-corrected chi connectivity index (χ3v) is 5.34. The lowest BCUT2D eigenvalue weighted by atomic mass is 10.0. The molecule has 0 aromatic heterocycles. The standard InChI is InChI=1S/C18H24O2S/c1-12(2)17-9-8-14(13(3)19)10-18(17)21-16-7-5-4-6-15(20)11-16/h8-10,15-16,20H,1,4-7,11H2,2-3H3/t15-,16-/m1/s1. The Morgan fingerprint density at radius 1 is 1.29 bits per heavy atom. The number of aliphatic hydroxyl groups excluding tert-OH is 1. The van der Waals surface area contributed by atoms with Crippen LogP contribution in [0.15, 0.2) is 29.7 Å². The molecule has 1 fully saturated rings. The van der Waals surface area contributed by atoms with Gasteiger partial charge in [-0.25, -0.2) is 0 Å². The second kappa shape index (κ2) is 7.28. The van der Waals surface area contributed by atoms with Crippen LogP contribution < -0.4 is 0 Å². The molecular weight excluding hydrogens is 280 g/mol. The van der Waals surface area contributed by atoms with Crippen molar-refractivity contribution in [1.82, 2.24) is 0 Å². The summed E-state index contributed by atoms with van der Waals surface area (Å²) >= 11 is 1.80. The van der Waals surface area contributed by atoms with Crippen molar-refractivity contribution in [2.45, 2.75) is 62.2 Å². The number of aliphatic hydroxyl groups is 1. The van der Waals surface area contributed by atoms with Gasteiger partial charge in [-0.2, -0.15) is 0 Å². The van der Waals surface area contributed by atoms with E-state index in [4.69, 9.17) is 0 Å². The zero-order valence-electron chi connectivity index (χ0n) is 12.9. The zero-order chi connectivity index (χ0) is 15.4. The SMILES string of the molecule is C=C(C)c1ccc(C(C)=O)cc1S[C@@H]1CCCC[C@@H](O)C1. The molecule has 2 nitrogen and oxygen atoms in total. The fourth-order valence-corrected chi connectivity index (χ4v) is 4.30. The maximum absolute atomic E-state index is 11.6. The van der Waals surface area contributed by atoms with Crippen LogP contribution in [-0.2, 0) is 0 Å². The van der Waals surface area contributed by atoms with Gasteiger partial charge in [-0.05, 0) is 50.3 Å². The van der Waals surface area contributed by atoms with Gasteiger partial charge >= 0.3 is 0 Å². The van der Waals surface area contributed by atoms with E-state index in [1.807, 2.05) is 25.1 Å². The molecule has 1 aromatic rings. The molecule has 1 aromatic carbocycles. The molecule has 21 heavy (non-hydrogen) atoms. The molecule has 3 heteroatoms. The lowest BCUT2D eigenvalue weighted by Gasteiger charge is -2.19. The molecule has 1 saturated carbocycles. The van der Waals surface area contributed by atoms with Crippen LogP contribution in [0.25, 0.3) is 5.57 Å². The minimum absolute atomic E-state index is 0.0889. The first kappa shape index (κ1) is 16.3. The fourth-order valence-electron chi connectivity index (χ4n) is 2.77. The Morgan fingerprint density at radius 3 is 2.67 bits per heavy atom. The Kier molecular flexibility index (Phi) is 5.65. The van der Waals surface area contributed by atoms with Crippen molar-refractivity contribution in [2.75, 3.05) is 0 Å². The smallest absolute Gasteiger partial charge is 0.159 e. The Labute approximate surface area is 131 Å². The highest BCUT2D eigenvalue weighted by molar-refractivity contribution is 8.00. The molecule has 0 saturated heterocycles. The maximum Gasteiger partial charge on any atom is 0.159 e. The number of carbonyl (C=O) groups excluding carboxylic acids is 1. The van der Waals surface area contributed by atoms with Gasteiger partial charge in [0.25, 0.3) is 0 Å². The Hall–Kier alpha value is -1.06. The molecular formula is C18H24O2S. The van der Waals surface area contributed by atoms with Crippen molar-refractivity contribution in [3.05, 3.63) is 35.9 Å². The summed E-state index contributed by atoms with van der Waals surface area (Å²) in [6, 6.07) is 5.85. The summed E-state index contributed by atoms with van der Waals surface area (Å²) in [5.41, 5.74) is 2.88. The number of allylic oxidation sites excluding steroid dienone is 1. The average molecular weight is 304 g/mol. The van der Waals surface area contributed by atoms with Gasteiger partial charge in [0.15, 0.2) is 5.78 Å². The molecule has 0 aliphatic heterocycles. The maximum atomic E-state index is 11.6. The zero-order valence-corrected chi connectivity index (χ0v) is 13.7. The quantitative estimate of drug-likeness (QED) is 0.646. The van der Waals surface area contributed by atoms with Gasteiger partial charge in [-0.3, -0.25) is 4.79 Å². The monoisotopic (exact) mass is 304 g/mol. The molecule has 0 unspecified atom stereocenters. The molecule has 1 N–H and O–H groups in total. The van der Waals surface area contributed by atoms with E-state index in [2.05, 4.69) is 6.58 Å². The summed E-state index contributed by atoms with van der Waals surface area (Å²) in [6.45, 7) is 7.63. The number of carbonyl (C=O) groups is 1. The third kappa shape index (κ3) is 4.45. The van der Waals surface area contributed by atoms with Gasteiger partial charge in [0.2, 0.25) is 0 Å². The van der Waals surface area contributed by atoms with Crippen LogP contribution in [-0.4, -0.2) is 22.2 Å². The van der Waals surface area contributed by atoms with Crippen LogP contribution in [0.5, 0.6) is 0 Å². The molecule has 0 heterocycles. The van der Waals surface area contributed by atoms with Crippen molar-refractivity contribution in [1.29, 1.82) is 0 Å². The van der Waals surface area contributed by atoms with Gasteiger partial charge < -0.3 is 5.11 Å². The summed E-state index contributed by atoms with van der Waals surface area (Å²) in [7, 11) is 0. The van der Waals surface area contributed by atoms with E-state index < -0.39 is 0 Å². The lowest BCUT2D eigenvalue weighted by molar-refractivity contribution is 0.101. The number of rotatable bonds is 4. The number of benzene rings is 1. The van der Waals surface area contributed by atoms with Crippen molar-refractivity contribution in [3.8, 4) is 0 Å². The molecule has 0 spiro atoms. The van der Waals surface area contributed by atoms with Gasteiger partial charge in [-0.1, -0.05) is 31.6 Å². The first-order valence-electron chi connectivity index (χ1n) is 7.63. The summed E-state index contributed by atoms with van der Waals surface area (Å²) in [5, 5.41) is 10.4. The van der Waals surface area contributed by atoms with Crippen molar-refractivity contribution >= 4 is 23.1 Å². The highest BCUT2D eigenvalue weighted by atomic mass is 32.2. The minimum Gasteiger partial charge on any atom is -0.393 e. The van der Waals surface area contributed by atoms with Gasteiger partial charge in [-0.15, -0.1) is 11.8 Å². The van der Waals surface area contributed by atoms with Crippen molar-refractivity contribution < 1.29 is 9.90 Å². The van der Waals surface area contributed by atoms with E-state index in [0.717, 1.165) is 47.3 Å². The van der Waals surface area contributed by atoms with Crippen molar-refractivity contribution in [2.24, 2.45) is 0 Å². The fraction of sp³-hybridized carbons (Fsp3) is 0.500. The summed E-state index contributed by atoms with van der Waals surface area (Å²) < 4.78 is 0. The first-order chi connectivity index (χ1) is 9.97. The van der Waals surface area contributed by atoms with E-state index in [9.17, 15) is 9.90 Å². The predicted octanol–water partition coefficient (Wildman–Crippen LogP) is 4.71. The topological polar surface area (TPSA) is 37.3 Å². The summed E-state index contributed by atoms with van der Waals surface area (Å²) in [6.07, 6.45) is 4.97. The molecule has 1 aliphatic carbocycles. The second-order valence-corrected chi connectivity index (χ2v) is 7.30. The van der Waals surface area contributed by atoms with Crippen LogP contribution >= 0.6 is 11.8 Å². The van der Waals surface area contributed by atoms with E-state index in [-0.39, 0.29) is 11.9 Å². The first-order valence-corrected chi connectivity index (χ1v) is 8.51. The van der Waals surface area contributed by atoms with Gasteiger partial charge in [0.05, 0.1) is 6.10 Å². The summed E-state index contributed by atoms with van der Waals surface area (Å²) in [5.74, 6) is 0.0889. The second-order valence-electron chi connectivity index (χ2n) is 5.96. The van der Waals surface area contributed by atoms with Crippen LogP contribution in [0.1, 0.15) is 61.9 Å². The third-order valence-electron chi connectivity index (χ3n) is 3.99. The minimum atomic E-state index is -0.186. The normalized spacial score (nSPS) is 22.6. The Bertz CT molecular complexity index is 536. The number of ketones is 1. The lowest BCUT2D eigenvalue weighted by Crippen LogP contribution is -2.12. The van der Waals surface area contributed by atoms with Gasteiger partial charge in [0, 0.05) is 15.7 Å². The van der Waals surface area contributed by atoms with Crippen LogP contribution in [0.4, 0.5) is 0 Å². The van der Waals surface area contributed by atoms with Crippen molar-refractivity contribution in [3.63, 3.8) is 0 Å². The highest BCUT2D eigenvalue weighted by Gasteiger charge is 2.21. The Balaban J connectivity index is 2.25. The Morgan fingerprint density at radius 2 is 2.00 bits per heavy atom. The average Bonchev–Trinajstić information content (AvgIpc) is 2.62. The molecule has 0 amide bonds. The molecule has 114 valence electrons. The van der Waals surface area contributed by atoms with E-state index in [0.29, 0.717) is 5.25 Å². The van der Waals surface area contributed by atoms with Gasteiger partial charge in [0.1, 0.15) is 0 Å². The molecule has 0 bridgehead atoms. The van der Waals surface area contributed by atoms with E-state index >= 15 is 0 Å². The van der Waals surface area contributed by atoms with Crippen LogP contribution in [0.2, 0.25) is 0 Å². The number of thioether (sulfide) groups is 1. The summed E-state index contributed by atoms with van der Waals surface area (Å²) in [4.78, 5) is 12.7. The molecule has 2 rings (SSSR count). The van der Waals surface area contributed by atoms with Crippen LogP contribution in [0, 0.1) is 0 Å². The molecule has 2 atom stereocenters. The van der Waals surface area contributed by atoms with Crippen LogP contribution in [0.3, 0.4) is 0 Å². The largest absolute Gasteiger partial charge is 0.393 e. The molecule has 1 aliphatic rings. The predicted molar refractivity (Wildman–Crippen MR) is 89.9 cm³/mol. The molecule has 0 radical (unpaired) electrons. The number of Topliss-reactive ketones (excluding diaryl/α,β-unsaturated/α-hetero) is 1. The van der Waals surface area contributed by atoms with E-state index in [1.165, 1.54) is 6.42 Å². The number of hydrogen-bond acceptors (Lipinski definition) is 3. The number of hydrogen-bond donors (Lipinski definition) is 1.